The smallest absolute Gasteiger partial charge is 0.341 e. The minimum absolute atomic E-state index is 0.135. The maximum absolute atomic E-state index is 12.2. The quantitative estimate of drug-likeness (QED) is 0.737. The number of pyridine rings is 1. The zero-order valence-corrected chi connectivity index (χ0v) is 14.7. The molecular weight excluding hydrogens is 342 g/mol. The first kappa shape index (κ1) is 17.1. The van der Waals surface area contributed by atoms with Crippen molar-refractivity contribution >= 4 is 11.8 Å². The van der Waals surface area contributed by atoms with Gasteiger partial charge >= 0.3 is 5.97 Å². The van der Waals surface area contributed by atoms with E-state index in [1.165, 1.54) is 0 Å². The summed E-state index contributed by atoms with van der Waals surface area (Å²) in [4.78, 5) is 27.6. The molecule has 2 N–H and O–H groups in total. The number of hydrogen-bond donors (Lipinski definition) is 2. The van der Waals surface area contributed by atoms with E-state index in [4.69, 9.17) is 0 Å². The van der Waals surface area contributed by atoms with Crippen LogP contribution in [-0.2, 0) is 0 Å². The number of carbonyl (C=O) groups is 1. The summed E-state index contributed by atoms with van der Waals surface area (Å²) in [6, 6.07) is 13.1. The summed E-state index contributed by atoms with van der Waals surface area (Å²) in [5.74, 6) is -0.0997. The van der Waals surface area contributed by atoms with Gasteiger partial charge in [-0.2, -0.15) is 0 Å². The van der Waals surface area contributed by atoms with E-state index in [1.54, 1.807) is 12.4 Å². The van der Waals surface area contributed by atoms with Crippen LogP contribution in [0.5, 0.6) is 0 Å². The van der Waals surface area contributed by atoms with E-state index in [1.807, 2.05) is 47.4 Å². The summed E-state index contributed by atoms with van der Waals surface area (Å²) in [7, 11) is 0. The van der Waals surface area contributed by atoms with Crippen LogP contribution >= 0.6 is 0 Å². The molecule has 0 amide bonds. The van der Waals surface area contributed by atoms with Crippen molar-refractivity contribution in [2.45, 2.75) is 0 Å². The van der Waals surface area contributed by atoms with Crippen LogP contribution in [0, 0.1) is 0 Å². The van der Waals surface area contributed by atoms with Gasteiger partial charge < -0.3 is 15.3 Å². The lowest BCUT2D eigenvalue weighted by Crippen LogP contribution is -2.44. The topological polar surface area (TPSA) is 91.2 Å². The molecule has 0 unspecified atom stereocenters. The van der Waals surface area contributed by atoms with E-state index < -0.39 is 5.97 Å². The van der Waals surface area contributed by atoms with E-state index in [9.17, 15) is 9.90 Å². The molecule has 7 nitrogen and oxygen atoms in total. The average molecular weight is 361 g/mol. The number of rotatable bonds is 4. The third-order valence-electron chi connectivity index (χ3n) is 4.49. The highest BCUT2D eigenvalue weighted by atomic mass is 16.4. The number of hydrogen-bond acceptors (Lipinski definition) is 6. The van der Waals surface area contributed by atoms with Crippen molar-refractivity contribution in [3.8, 4) is 22.6 Å². The van der Waals surface area contributed by atoms with E-state index >= 15 is 0 Å². The first-order chi connectivity index (χ1) is 13.2. The summed E-state index contributed by atoms with van der Waals surface area (Å²) in [6.45, 7) is 2.95. The molecule has 0 atom stereocenters. The number of nitrogens with zero attached hydrogens (tertiary/aromatic N) is 4. The maximum atomic E-state index is 12.2. The van der Waals surface area contributed by atoms with Gasteiger partial charge in [0.15, 0.2) is 5.82 Å². The van der Waals surface area contributed by atoms with Crippen LogP contribution in [0.15, 0.2) is 54.9 Å². The van der Waals surface area contributed by atoms with E-state index in [0.29, 0.717) is 30.4 Å². The molecule has 27 heavy (non-hydrogen) atoms. The average Bonchev–Trinajstić information content (AvgIpc) is 2.74. The van der Waals surface area contributed by atoms with Crippen molar-refractivity contribution in [2.75, 3.05) is 31.1 Å². The second-order valence-corrected chi connectivity index (χ2v) is 6.24. The molecule has 1 aliphatic heterocycles. The highest BCUT2D eigenvalue weighted by Gasteiger charge is 2.26. The lowest BCUT2D eigenvalue weighted by atomic mass is 10.0. The van der Waals surface area contributed by atoms with E-state index in [-0.39, 0.29) is 5.56 Å². The van der Waals surface area contributed by atoms with Gasteiger partial charge in [-0.15, -0.1) is 0 Å². The van der Waals surface area contributed by atoms with Crippen molar-refractivity contribution in [3.05, 3.63) is 60.4 Å². The highest BCUT2D eigenvalue weighted by Crippen LogP contribution is 2.31. The van der Waals surface area contributed by atoms with Gasteiger partial charge in [0.1, 0.15) is 11.4 Å². The third-order valence-corrected chi connectivity index (χ3v) is 4.49. The van der Waals surface area contributed by atoms with Gasteiger partial charge in [0.25, 0.3) is 0 Å². The summed E-state index contributed by atoms with van der Waals surface area (Å²) in [5.41, 5.74) is 2.06. The number of anilines is 1. The Morgan fingerprint density at radius 1 is 1.00 bits per heavy atom. The molecule has 1 saturated heterocycles. The van der Waals surface area contributed by atoms with Gasteiger partial charge in [0.05, 0.1) is 5.69 Å². The van der Waals surface area contributed by atoms with Gasteiger partial charge in [0.2, 0.25) is 0 Å². The van der Waals surface area contributed by atoms with Crippen LogP contribution in [0.3, 0.4) is 0 Å². The summed E-state index contributed by atoms with van der Waals surface area (Å²) >= 11 is 0. The summed E-state index contributed by atoms with van der Waals surface area (Å²) in [6.07, 6.45) is 3.37. The first-order valence-corrected chi connectivity index (χ1v) is 8.81. The second-order valence-electron chi connectivity index (χ2n) is 6.24. The molecule has 3 aromatic rings. The molecular formula is C20H19N5O2. The molecule has 1 aliphatic rings. The Morgan fingerprint density at radius 2 is 1.74 bits per heavy atom. The molecule has 0 radical (unpaired) electrons. The Morgan fingerprint density at radius 3 is 2.41 bits per heavy atom. The first-order valence-electron chi connectivity index (χ1n) is 8.81. The SMILES string of the molecule is O=C(O)c1c(-c2ccccc2)nc(-c2cccnc2)nc1N1CCNCC1. The Labute approximate surface area is 156 Å². The fourth-order valence-corrected chi connectivity index (χ4v) is 3.18. The summed E-state index contributed by atoms with van der Waals surface area (Å²) in [5, 5.41) is 13.2. The lowest BCUT2D eigenvalue weighted by molar-refractivity contribution is 0.0697. The fourth-order valence-electron chi connectivity index (χ4n) is 3.18. The molecule has 1 fully saturated rings. The van der Waals surface area contributed by atoms with Crippen LogP contribution in [0.2, 0.25) is 0 Å². The van der Waals surface area contributed by atoms with Crippen molar-refractivity contribution in [2.24, 2.45) is 0 Å². The van der Waals surface area contributed by atoms with Crippen LogP contribution in [0.4, 0.5) is 5.82 Å². The van der Waals surface area contributed by atoms with Crippen molar-refractivity contribution in [1.29, 1.82) is 0 Å². The van der Waals surface area contributed by atoms with Crippen LogP contribution < -0.4 is 10.2 Å². The lowest BCUT2D eigenvalue weighted by Gasteiger charge is -2.30. The molecule has 0 bridgehead atoms. The molecule has 2 aromatic heterocycles. The molecule has 0 saturated carbocycles. The standard InChI is InChI=1S/C20H19N5O2/c26-20(27)16-17(14-5-2-1-3-6-14)23-18(15-7-4-8-22-13-15)24-19(16)25-11-9-21-10-12-25/h1-8,13,21H,9-12H2,(H,26,27). The van der Waals surface area contributed by atoms with E-state index in [2.05, 4.69) is 20.3 Å². The molecule has 7 heteroatoms. The second kappa shape index (κ2) is 7.51. The molecule has 1 aromatic carbocycles. The number of nitrogens with one attached hydrogen (secondary N) is 1. The Kier molecular flexibility index (Phi) is 4.76. The van der Waals surface area contributed by atoms with Crippen molar-refractivity contribution < 1.29 is 9.90 Å². The minimum atomic E-state index is -1.03. The van der Waals surface area contributed by atoms with Gasteiger partial charge in [-0.1, -0.05) is 30.3 Å². The molecule has 0 aliphatic carbocycles. The zero-order chi connectivity index (χ0) is 18.6. The van der Waals surface area contributed by atoms with Crippen molar-refractivity contribution in [1.82, 2.24) is 20.3 Å². The van der Waals surface area contributed by atoms with Gasteiger partial charge in [0, 0.05) is 49.7 Å². The summed E-state index contributed by atoms with van der Waals surface area (Å²) < 4.78 is 0. The number of aromatic carboxylic acids is 1. The van der Waals surface area contributed by atoms with Crippen LogP contribution in [0.25, 0.3) is 22.6 Å². The Hall–Kier alpha value is -3.32. The van der Waals surface area contributed by atoms with Gasteiger partial charge in [-0.25, -0.2) is 14.8 Å². The predicted octanol–water partition coefficient (Wildman–Crippen LogP) is 2.31. The monoisotopic (exact) mass is 361 g/mol. The maximum Gasteiger partial charge on any atom is 0.341 e. The zero-order valence-electron chi connectivity index (χ0n) is 14.7. The molecule has 136 valence electrons. The predicted molar refractivity (Wildman–Crippen MR) is 103 cm³/mol. The van der Waals surface area contributed by atoms with Crippen molar-refractivity contribution in [3.63, 3.8) is 0 Å². The molecule has 4 rings (SSSR count). The number of carboxylic acid groups (broad SMARTS) is 1. The Bertz CT molecular complexity index is 941. The Balaban J connectivity index is 1.96. The number of carboxylic acids is 1. The normalized spacial score (nSPS) is 14.1. The van der Waals surface area contributed by atoms with Gasteiger partial charge in [-0.3, -0.25) is 4.98 Å². The number of aromatic nitrogens is 3. The minimum Gasteiger partial charge on any atom is -0.477 e. The van der Waals surface area contributed by atoms with Gasteiger partial charge in [-0.05, 0) is 12.1 Å². The third kappa shape index (κ3) is 3.50. The number of piperazine rings is 1. The molecule has 3 heterocycles. The fraction of sp³-hybridized carbons (Fsp3) is 0.200. The molecule has 0 spiro atoms. The van der Waals surface area contributed by atoms with Crippen LogP contribution in [-0.4, -0.2) is 52.2 Å². The highest BCUT2D eigenvalue weighted by molar-refractivity contribution is 6.00. The van der Waals surface area contributed by atoms with Crippen LogP contribution in [0.1, 0.15) is 10.4 Å². The van der Waals surface area contributed by atoms with E-state index in [0.717, 1.165) is 24.2 Å². The number of benzene rings is 1. The largest absolute Gasteiger partial charge is 0.477 e.